The second-order valence-electron chi connectivity index (χ2n) is 4.77. The van der Waals surface area contributed by atoms with Gasteiger partial charge in [0.2, 0.25) is 0 Å². The molecule has 1 saturated heterocycles. The van der Waals surface area contributed by atoms with Gasteiger partial charge in [-0.05, 0) is 13.3 Å². The lowest BCUT2D eigenvalue weighted by molar-refractivity contribution is 0.0399. The summed E-state index contributed by atoms with van der Waals surface area (Å²) in [6, 6.07) is 1.43. The molecule has 0 aromatic carbocycles. The number of aromatic amines is 1. The molecule has 92 valence electrons. The van der Waals surface area contributed by atoms with E-state index >= 15 is 0 Å². The van der Waals surface area contributed by atoms with Crippen molar-refractivity contribution in [2.24, 2.45) is 5.73 Å². The fourth-order valence-electron chi connectivity index (χ4n) is 1.99. The topological polar surface area (TPSA) is 79.2 Å². The van der Waals surface area contributed by atoms with Gasteiger partial charge in [0.15, 0.2) is 5.43 Å². The van der Waals surface area contributed by atoms with E-state index in [-0.39, 0.29) is 22.4 Å². The zero-order chi connectivity index (χ0) is 12.6. The van der Waals surface area contributed by atoms with Crippen LogP contribution in [0.4, 0.5) is 0 Å². The molecule has 0 atom stereocenters. The molecule has 1 aliphatic heterocycles. The highest BCUT2D eigenvalue weighted by molar-refractivity contribution is 5.94. The number of hydrogen-bond donors (Lipinski definition) is 2. The van der Waals surface area contributed by atoms with Gasteiger partial charge in [0.1, 0.15) is 5.56 Å². The molecule has 5 heteroatoms. The van der Waals surface area contributed by atoms with Gasteiger partial charge in [-0.15, -0.1) is 0 Å². The van der Waals surface area contributed by atoms with Crippen LogP contribution in [0.1, 0.15) is 29.4 Å². The van der Waals surface area contributed by atoms with Crippen molar-refractivity contribution in [3.63, 3.8) is 0 Å². The maximum Gasteiger partial charge on any atom is 0.259 e. The minimum absolute atomic E-state index is 0.189. The average molecular weight is 235 g/mol. The number of rotatable bonds is 2. The molecule has 1 fully saturated rings. The van der Waals surface area contributed by atoms with Crippen molar-refractivity contribution >= 4 is 5.91 Å². The summed E-state index contributed by atoms with van der Waals surface area (Å²) in [5, 5.41) is 0. The Kier molecular flexibility index (Phi) is 2.79. The van der Waals surface area contributed by atoms with Crippen LogP contribution in [0.2, 0.25) is 0 Å². The number of carbonyl (C=O) groups is 1. The summed E-state index contributed by atoms with van der Waals surface area (Å²) in [6.45, 7) is 4.83. The Labute approximate surface area is 99.6 Å². The first kappa shape index (κ1) is 11.9. The summed E-state index contributed by atoms with van der Waals surface area (Å²) < 4.78 is 0. The van der Waals surface area contributed by atoms with Crippen LogP contribution >= 0.6 is 0 Å². The van der Waals surface area contributed by atoms with Gasteiger partial charge in [-0.2, -0.15) is 0 Å². The third kappa shape index (κ3) is 2.10. The third-order valence-corrected chi connectivity index (χ3v) is 3.29. The normalized spacial score (nSPS) is 17.7. The van der Waals surface area contributed by atoms with E-state index in [0.717, 1.165) is 12.1 Å². The maximum atomic E-state index is 12.0. The average Bonchev–Trinajstić information content (AvgIpc) is 2.24. The minimum atomic E-state index is -0.271. The molecule has 2 heterocycles. The molecule has 1 aliphatic rings. The minimum Gasteiger partial charge on any atom is -0.364 e. The standard InChI is InChI=1S/C12H17N3O2/c1-3-12(13)6-15(7-12)11(17)9-5-14-8(2)4-10(9)16/h4-5H,3,6-7,13H2,1-2H3,(H,14,16). The summed E-state index contributed by atoms with van der Waals surface area (Å²) in [5.41, 5.74) is 6.42. The third-order valence-electron chi connectivity index (χ3n) is 3.29. The molecule has 0 radical (unpaired) electrons. The molecule has 0 bridgehead atoms. The Morgan fingerprint density at radius 2 is 2.24 bits per heavy atom. The number of nitrogens with zero attached hydrogens (tertiary/aromatic N) is 1. The van der Waals surface area contributed by atoms with Gasteiger partial charge in [-0.1, -0.05) is 6.92 Å². The van der Waals surface area contributed by atoms with Crippen molar-refractivity contribution in [1.29, 1.82) is 0 Å². The largest absolute Gasteiger partial charge is 0.364 e. The molecule has 0 saturated carbocycles. The lowest BCUT2D eigenvalue weighted by atomic mass is 9.88. The molecule has 1 aromatic heterocycles. The summed E-state index contributed by atoms with van der Waals surface area (Å²) in [7, 11) is 0. The van der Waals surface area contributed by atoms with E-state index in [1.165, 1.54) is 12.3 Å². The predicted octanol–water partition coefficient (Wildman–Crippen LogP) is 0.247. The number of H-pyrrole nitrogens is 1. The van der Waals surface area contributed by atoms with Crippen molar-refractivity contribution in [2.75, 3.05) is 13.1 Å². The van der Waals surface area contributed by atoms with Crippen LogP contribution in [0.3, 0.4) is 0 Å². The number of likely N-dealkylation sites (tertiary alicyclic amines) is 1. The Hall–Kier alpha value is -1.62. The molecule has 0 unspecified atom stereocenters. The SMILES string of the molecule is CCC1(N)CN(C(=O)c2c[nH]c(C)cc2=O)C1. The van der Waals surface area contributed by atoms with Gasteiger partial charge in [-0.25, -0.2) is 0 Å². The van der Waals surface area contributed by atoms with Gasteiger partial charge in [0.25, 0.3) is 5.91 Å². The Balaban J connectivity index is 2.15. The predicted molar refractivity (Wildman–Crippen MR) is 64.9 cm³/mol. The van der Waals surface area contributed by atoms with Crippen molar-refractivity contribution in [2.45, 2.75) is 25.8 Å². The van der Waals surface area contributed by atoms with Crippen LogP contribution < -0.4 is 11.2 Å². The van der Waals surface area contributed by atoms with E-state index in [0.29, 0.717) is 13.1 Å². The van der Waals surface area contributed by atoms with Crippen molar-refractivity contribution in [3.05, 3.63) is 33.7 Å². The van der Waals surface area contributed by atoms with Crippen molar-refractivity contribution < 1.29 is 4.79 Å². The molecular formula is C12H17N3O2. The highest BCUT2D eigenvalue weighted by Crippen LogP contribution is 2.22. The highest BCUT2D eigenvalue weighted by Gasteiger charge is 2.41. The van der Waals surface area contributed by atoms with Crippen LogP contribution in [0.5, 0.6) is 0 Å². The van der Waals surface area contributed by atoms with Crippen molar-refractivity contribution in [3.8, 4) is 0 Å². The summed E-state index contributed by atoms with van der Waals surface area (Å²) in [5.74, 6) is -0.235. The van der Waals surface area contributed by atoms with E-state index in [2.05, 4.69) is 4.98 Å². The highest BCUT2D eigenvalue weighted by atomic mass is 16.2. The molecule has 1 amide bonds. The lowest BCUT2D eigenvalue weighted by Gasteiger charge is -2.47. The molecule has 2 rings (SSSR count). The second kappa shape index (κ2) is 4.00. The van der Waals surface area contributed by atoms with Gasteiger partial charge >= 0.3 is 0 Å². The molecule has 3 N–H and O–H groups in total. The van der Waals surface area contributed by atoms with Gasteiger partial charge < -0.3 is 15.6 Å². The molecule has 17 heavy (non-hydrogen) atoms. The zero-order valence-electron chi connectivity index (χ0n) is 10.1. The Morgan fingerprint density at radius 1 is 1.59 bits per heavy atom. The van der Waals surface area contributed by atoms with Crippen molar-refractivity contribution in [1.82, 2.24) is 9.88 Å². The van der Waals surface area contributed by atoms with Gasteiger partial charge in [0, 0.05) is 31.0 Å². The number of pyridine rings is 1. The summed E-state index contributed by atoms with van der Waals surface area (Å²) >= 11 is 0. The molecule has 1 aromatic rings. The number of hydrogen-bond acceptors (Lipinski definition) is 3. The smallest absolute Gasteiger partial charge is 0.259 e. The quantitative estimate of drug-likeness (QED) is 0.771. The van der Waals surface area contributed by atoms with Crippen LogP contribution in [0.15, 0.2) is 17.1 Å². The number of nitrogens with two attached hydrogens (primary N) is 1. The first-order valence-corrected chi connectivity index (χ1v) is 5.73. The van der Waals surface area contributed by atoms with Crippen LogP contribution in [-0.2, 0) is 0 Å². The number of aryl methyl sites for hydroxylation is 1. The monoisotopic (exact) mass is 235 g/mol. The van der Waals surface area contributed by atoms with Gasteiger partial charge in [-0.3, -0.25) is 9.59 Å². The van der Waals surface area contributed by atoms with E-state index in [4.69, 9.17) is 5.73 Å². The first-order valence-electron chi connectivity index (χ1n) is 5.73. The van der Waals surface area contributed by atoms with Crippen LogP contribution in [-0.4, -0.2) is 34.4 Å². The number of carbonyl (C=O) groups excluding carboxylic acids is 1. The maximum absolute atomic E-state index is 12.0. The molecule has 0 aliphatic carbocycles. The molecular weight excluding hydrogens is 218 g/mol. The fraction of sp³-hybridized carbons (Fsp3) is 0.500. The lowest BCUT2D eigenvalue weighted by Crippen LogP contribution is -2.68. The molecule has 0 spiro atoms. The Bertz CT molecular complexity index is 501. The van der Waals surface area contributed by atoms with Crippen LogP contribution in [0.25, 0.3) is 0 Å². The van der Waals surface area contributed by atoms with Crippen LogP contribution in [0, 0.1) is 6.92 Å². The van der Waals surface area contributed by atoms with E-state index in [1.54, 1.807) is 11.8 Å². The second-order valence-corrected chi connectivity index (χ2v) is 4.77. The first-order chi connectivity index (χ1) is 7.95. The van der Waals surface area contributed by atoms with Gasteiger partial charge in [0.05, 0.1) is 5.54 Å². The van der Waals surface area contributed by atoms with E-state index in [9.17, 15) is 9.59 Å². The Morgan fingerprint density at radius 3 is 2.76 bits per heavy atom. The number of nitrogens with one attached hydrogen (secondary N) is 1. The number of amides is 1. The molecule has 5 nitrogen and oxygen atoms in total. The number of aromatic nitrogens is 1. The summed E-state index contributed by atoms with van der Waals surface area (Å²) in [6.07, 6.45) is 2.31. The van der Waals surface area contributed by atoms with E-state index in [1.807, 2.05) is 6.92 Å². The zero-order valence-corrected chi connectivity index (χ0v) is 10.1. The van der Waals surface area contributed by atoms with E-state index < -0.39 is 0 Å². The fourth-order valence-corrected chi connectivity index (χ4v) is 1.99. The summed E-state index contributed by atoms with van der Waals surface area (Å²) in [4.78, 5) is 28.2.